The molecule has 0 saturated carbocycles. The van der Waals surface area contributed by atoms with E-state index in [4.69, 9.17) is 19.4 Å². The molecule has 0 bridgehead atoms. The van der Waals surface area contributed by atoms with Crippen LogP contribution in [0.1, 0.15) is 22.5 Å². The van der Waals surface area contributed by atoms with Crippen LogP contribution in [0.5, 0.6) is 0 Å². The van der Waals surface area contributed by atoms with Crippen molar-refractivity contribution >= 4 is 32.7 Å². The number of furan rings is 1. The third-order valence-electron chi connectivity index (χ3n) is 9.78. The maximum atomic E-state index is 6.53. The van der Waals surface area contributed by atoms with Gasteiger partial charge in [0, 0.05) is 16.3 Å². The second-order valence-corrected chi connectivity index (χ2v) is 12.4. The SMILES string of the molecule is c1ccc(C2(c3nc(-c4ccc5ccccc5c4)nc(-c4cccc5c4oc4ccccc45)n3)c3ccccc3-c3ccccc32)cc1. The third kappa shape index (κ3) is 3.80. The average molecular weight is 614 g/mol. The Labute approximate surface area is 277 Å². The maximum absolute atomic E-state index is 6.53. The fourth-order valence-corrected chi connectivity index (χ4v) is 7.65. The molecule has 0 aliphatic heterocycles. The predicted octanol–water partition coefficient (Wildman–Crippen LogP) is 10.6. The molecule has 10 rings (SSSR count). The first-order chi connectivity index (χ1) is 23.8. The first-order valence-corrected chi connectivity index (χ1v) is 16.2. The number of aromatic nitrogens is 3. The van der Waals surface area contributed by atoms with Gasteiger partial charge in [0.15, 0.2) is 17.5 Å². The number of fused-ring (bicyclic) bond motifs is 7. The largest absolute Gasteiger partial charge is 0.455 e. The van der Waals surface area contributed by atoms with Crippen molar-refractivity contribution in [2.75, 3.05) is 0 Å². The van der Waals surface area contributed by atoms with Crippen LogP contribution in [0.4, 0.5) is 0 Å². The standard InChI is InChI=1S/C44H27N3O/c1-2-15-31(16-3-1)44(37-22-9-6-17-32(37)33-18-7-10-23-38(33)44)43-46-41(30-26-25-28-13-4-5-14-29(28)27-30)45-42(47-43)36-21-12-20-35-34-19-8-11-24-39(34)48-40(35)36/h1-27H. The van der Waals surface area contributed by atoms with Crippen LogP contribution in [0.2, 0.25) is 0 Å². The number of para-hydroxylation sites is 2. The molecule has 0 saturated heterocycles. The lowest BCUT2D eigenvalue weighted by Crippen LogP contribution is -2.31. The van der Waals surface area contributed by atoms with E-state index >= 15 is 0 Å². The van der Waals surface area contributed by atoms with Gasteiger partial charge in [0.05, 0.1) is 5.56 Å². The molecule has 224 valence electrons. The fraction of sp³-hybridized carbons (Fsp3) is 0.0227. The van der Waals surface area contributed by atoms with Gasteiger partial charge in [0.25, 0.3) is 0 Å². The van der Waals surface area contributed by atoms with Crippen LogP contribution in [0.15, 0.2) is 168 Å². The quantitative estimate of drug-likeness (QED) is 0.198. The van der Waals surface area contributed by atoms with Crippen LogP contribution >= 0.6 is 0 Å². The molecular formula is C44H27N3O. The minimum Gasteiger partial charge on any atom is -0.455 e. The smallest absolute Gasteiger partial charge is 0.167 e. The first-order valence-electron chi connectivity index (χ1n) is 16.2. The zero-order valence-electron chi connectivity index (χ0n) is 25.8. The van der Waals surface area contributed by atoms with Gasteiger partial charge in [0.1, 0.15) is 16.6 Å². The summed E-state index contributed by atoms with van der Waals surface area (Å²) in [4.78, 5) is 16.1. The molecule has 4 nitrogen and oxygen atoms in total. The summed E-state index contributed by atoms with van der Waals surface area (Å²) in [7, 11) is 0. The molecule has 7 aromatic carbocycles. The van der Waals surface area contributed by atoms with Gasteiger partial charge in [-0.1, -0.05) is 146 Å². The maximum Gasteiger partial charge on any atom is 0.167 e. The second kappa shape index (κ2) is 10.3. The minimum atomic E-state index is -0.778. The molecule has 4 heteroatoms. The Bertz CT molecular complexity index is 2650. The molecule has 9 aromatic rings. The van der Waals surface area contributed by atoms with E-state index in [1.165, 1.54) is 16.5 Å². The summed E-state index contributed by atoms with van der Waals surface area (Å²) in [6.45, 7) is 0. The van der Waals surface area contributed by atoms with Gasteiger partial charge >= 0.3 is 0 Å². The van der Waals surface area contributed by atoms with Gasteiger partial charge < -0.3 is 4.42 Å². The van der Waals surface area contributed by atoms with Crippen LogP contribution in [-0.2, 0) is 5.41 Å². The monoisotopic (exact) mass is 613 g/mol. The molecule has 0 N–H and O–H groups in total. The van der Waals surface area contributed by atoms with Crippen LogP contribution in [0, 0.1) is 0 Å². The zero-order valence-corrected chi connectivity index (χ0v) is 25.8. The van der Waals surface area contributed by atoms with Crippen molar-refractivity contribution in [1.29, 1.82) is 0 Å². The second-order valence-electron chi connectivity index (χ2n) is 12.4. The van der Waals surface area contributed by atoms with Crippen LogP contribution in [0.25, 0.3) is 66.6 Å². The summed E-state index contributed by atoms with van der Waals surface area (Å²) in [5, 5.41) is 4.40. The van der Waals surface area contributed by atoms with E-state index in [1.807, 2.05) is 18.2 Å². The zero-order chi connectivity index (χ0) is 31.7. The molecule has 0 atom stereocenters. The number of rotatable bonds is 4. The van der Waals surface area contributed by atoms with Crippen molar-refractivity contribution in [2.45, 2.75) is 5.41 Å². The first kappa shape index (κ1) is 26.8. The van der Waals surface area contributed by atoms with Gasteiger partial charge in [-0.3, -0.25) is 0 Å². The molecule has 0 fully saturated rings. The van der Waals surface area contributed by atoms with E-state index < -0.39 is 5.41 Å². The van der Waals surface area contributed by atoms with E-state index in [9.17, 15) is 0 Å². The minimum absolute atomic E-state index is 0.574. The van der Waals surface area contributed by atoms with Crippen molar-refractivity contribution in [3.05, 3.63) is 186 Å². The average Bonchev–Trinajstić information content (AvgIpc) is 3.69. The fourth-order valence-electron chi connectivity index (χ4n) is 7.65. The molecule has 1 aliphatic carbocycles. The van der Waals surface area contributed by atoms with Crippen molar-refractivity contribution in [1.82, 2.24) is 15.0 Å². The van der Waals surface area contributed by atoms with Gasteiger partial charge in [0.2, 0.25) is 0 Å². The van der Waals surface area contributed by atoms with E-state index in [0.717, 1.165) is 55.1 Å². The highest BCUT2D eigenvalue weighted by Gasteiger charge is 2.48. The summed E-state index contributed by atoms with van der Waals surface area (Å²) in [5.74, 6) is 1.86. The van der Waals surface area contributed by atoms with E-state index in [0.29, 0.717) is 17.5 Å². The highest BCUT2D eigenvalue weighted by Crippen LogP contribution is 2.55. The Kier molecular flexibility index (Phi) is 5.75. The Hall–Kier alpha value is -6.39. The molecule has 0 radical (unpaired) electrons. The van der Waals surface area contributed by atoms with Crippen molar-refractivity contribution < 1.29 is 4.42 Å². The Morgan fingerprint density at radius 2 is 1.06 bits per heavy atom. The molecular weight excluding hydrogens is 587 g/mol. The molecule has 2 heterocycles. The number of hydrogen-bond donors (Lipinski definition) is 0. The van der Waals surface area contributed by atoms with E-state index in [-0.39, 0.29) is 0 Å². The van der Waals surface area contributed by atoms with Crippen LogP contribution in [-0.4, -0.2) is 15.0 Å². The molecule has 48 heavy (non-hydrogen) atoms. The van der Waals surface area contributed by atoms with Crippen molar-refractivity contribution in [3.8, 4) is 33.9 Å². The topological polar surface area (TPSA) is 51.8 Å². The molecule has 1 aliphatic rings. The lowest BCUT2D eigenvalue weighted by Gasteiger charge is -2.31. The van der Waals surface area contributed by atoms with Gasteiger partial charge in [-0.05, 0) is 56.8 Å². The van der Waals surface area contributed by atoms with Crippen LogP contribution < -0.4 is 0 Å². The van der Waals surface area contributed by atoms with Crippen LogP contribution in [0.3, 0.4) is 0 Å². The Balaban J connectivity index is 1.33. The van der Waals surface area contributed by atoms with Crippen molar-refractivity contribution in [3.63, 3.8) is 0 Å². The summed E-state index contributed by atoms with van der Waals surface area (Å²) in [6, 6.07) is 57.1. The summed E-state index contributed by atoms with van der Waals surface area (Å²) < 4.78 is 6.53. The Morgan fingerprint density at radius 1 is 0.438 bits per heavy atom. The molecule has 0 amide bonds. The highest BCUT2D eigenvalue weighted by atomic mass is 16.3. The summed E-state index contributed by atoms with van der Waals surface area (Å²) in [6.07, 6.45) is 0. The summed E-state index contributed by atoms with van der Waals surface area (Å²) in [5.41, 5.74) is 8.36. The number of nitrogens with zero attached hydrogens (tertiary/aromatic N) is 3. The van der Waals surface area contributed by atoms with E-state index in [2.05, 4.69) is 146 Å². The van der Waals surface area contributed by atoms with Gasteiger partial charge in [-0.15, -0.1) is 0 Å². The lowest BCUT2D eigenvalue weighted by molar-refractivity contribution is 0.668. The number of hydrogen-bond acceptors (Lipinski definition) is 4. The van der Waals surface area contributed by atoms with Gasteiger partial charge in [-0.2, -0.15) is 0 Å². The van der Waals surface area contributed by atoms with E-state index in [1.54, 1.807) is 0 Å². The lowest BCUT2D eigenvalue weighted by atomic mass is 9.71. The molecule has 0 spiro atoms. The van der Waals surface area contributed by atoms with Crippen molar-refractivity contribution in [2.24, 2.45) is 0 Å². The predicted molar refractivity (Wildman–Crippen MR) is 193 cm³/mol. The number of benzene rings is 7. The normalized spacial score (nSPS) is 13.2. The highest BCUT2D eigenvalue weighted by molar-refractivity contribution is 6.09. The third-order valence-corrected chi connectivity index (χ3v) is 9.78. The Morgan fingerprint density at radius 3 is 1.88 bits per heavy atom. The molecule has 0 unspecified atom stereocenters. The van der Waals surface area contributed by atoms with Gasteiger partial charge in [-0.25, -0.2) is 15.0 Å². The summed E-state index contributed by atoms with van der Waals surface area (Å²) >= 11 is 0. The molecule has 2 aromatic heterocycles.